The van der Waals surface area contributed by atoms with Gasteiger partial charge in [0.1, 0.15) is 22.1 Å². The van der Waals surface area contributed by atoms with Gasteiger partial charge >= 0.3 is 0 Å². The van der Waals surface area contributed by atoms with Crippen LogP contribution in [0.1, 0.15) is 23.8 Å². The number of aromatic hydroxyl groups is 1. The SMILES string of the molecule is CCc1oc2c(C)c(O)c(CN(CCO)CCO)cc2c(=O)c1-c1nc2ccccc2s1. The first-order valence-corrected chi connectivity index (χ1v) is 11.4. The van der Waals surface area contributed by atoms with E-state index < -0.39 is 0 Å². The molecule has 32 heavy (non-hydrogen) atoms. The number of nitrogens with zero attached hydrogens (tertiary/aromatic N) is 2. The Balaban J connectivity index is 1.92. The van der Waals surface area contributed by atoms with E-state index in [0.29, 0.717) is 57.9 Å². The minimum absolute atomic E-state index is 0.0521. The third-order valence-corrected chi connectivity index (χ3v) is 6.65. The zero-order valence-corrected chi connectivity index (χ0v) is 18.9. The fraction of sp³-hybridized carbons (Fsp3) is 0.333. The van der Waals surface area contributed by atoms with E-state index >= 15 is 0 Å². The molecule has 0 amide bonds. The summed E-state index contributed by atoms with van der Waals surface area (Å²) in [4.78, 5) is 20.2. The quantitative estimate of drug-likeness (QED) is 0.374. The summed E-state index contributed by atoms with van der Waals surface area (Å²) in [6, 6.07) is 9.40. The van der Waals surface area contributed by atoms with Crippen LogP contribution in [0.3, 0.4) is 0 Å². The number of aliphatic hydroxyl groups is 2. The number of hydrogen-bond acceptors (Lipinski definition) is 8. The minimum atomic E-state index is -0.178. The van der Waals surface area contributed by atoms with E-state index in [1.165, 1.54) is 11.3 Å². The van der Waals surface area contributed by atoms with Crippen LogP contribution in [-0.4, -0.2) is 51.5 Å². The first-order chi connectivity index (χ1) is 15.5. The van der Waals surface area contributed by atoms with E-state index in [2.05, 4.69) is 4.98 Å². The second-order valence-electron chi connectivity index (χ2n) is 7.68. The van der Waals surface area contributed by atoms with Gasteiger partial charge in [0.2, 0.25) is 5.43 Å². The van der Waals surface area contributed by atoms with Gasteiger partial charge in [0.15, 0.2) is 0 Å². The standard InChI is InChI=1S/C24H26N2O5S/c1-3-18-20(24-25-17-6-4-5-7-19(17)32-24)22(30)16-12-15(13-26(8-10-27)9-11-28)21(29)14(2)23(16)31-18/h4-7,12,27-29H,3,8-11,13H2,1-2H3. The first-order valence-electron chi connectivity index (χ1n) is 10.6. The highest BCUT2D eigenvalue weighted by atomic mass is 32.1. The van der Waals surface area contributed by atoms with Crippen LogP contribution in [-0.2, 0) is 13.0 Å². The molecule has 0 saturated carbocycles. The molecular formula is C24H26N2O5S. The van der Waals surface area contributed by atoms with Gasteiger partial charge in [-0.15, -0.1) is 11.3 Å². The predicted octanol–water partition coefficient (Wildman–Crippen LogP) is 3.43. The van der Waals surface area contributed by atoms with Crippen LogP contribution in [0, 0.1) is 6.92 Å². The molecule has 0 aliphatic carbocycles. The molecule has 4 aromatic rings. The summed E-state index contributed by atoms with van der Waals surface area (Å²) in [6.07, 6.45) is 0.513. The van der Waals surface area contributed by atoms with Crippen LogP contribution in [0.2, 0.25) is 0 Å². The highest BCUT2D eigenvalue weighted by Crippen LogP contribution is 2.35. The maximum Gasteiger partial charge on any atom is 0.203 e. The maximum absolute atomic E-state index is 13.7. The molecule has 0 fully saturated rings. The molecule has 8 heteroatoms. The Morgan fingerprint density at radius 2 is 1.88 bits per heavy atom. The van der Waals surface area contributed by atoms with Crippen LogP contribution in [0.5, 0.6) is 5.75 Å². The van der Waals surface area contributed by atoms with E-state index in [9.17, 15) is 20.1 Å². The van der Waals surface area contributed by atoms with Gasteiger partial charge in [-0.1, -0.05) is 19.1 Å². The number of fused-ring (bicyclic) bond motifs is 2. The predicted molar refractivity (Wildman–Crippen MR) is 126 cm³/mol. The van der Waals surface area contributed by atoms with Gasteiger partial charge in [0.25, 0.3) is 0 Å². The van der Waals surface area contributed by atoms with E-state index in [-0.39, 0.29) is 30.9 Å². The Morgan fingerprint density at radius 1 is 1.16 bits per heavy atom. The fourth-order valence-corrected chi connectivity index (χ4v) is 4.98. The summed E-state index contributed by atoms with van der Waals surface area (Å²) in [6.45, 7) is 4.48. The lowest BCUT2D eigenvalue weighted by atomic mass is 10.0. The Kier molecular flexibility index (Phi) is 6.57. The van der Waals surface area contributed by atoms with Gasteiger partial charge in [-0.25, -0.2) is 4.98 Å². The molecule has 0 aliphatic rings. The van der Waals surface area contributed by atoms with Crippen molar-refractivity contribution in [2.45, 2.75) is 26.8 Å². The highest BCUT2D eigenvalue weighted by Gasteiger charge is 2.22. The molecule has 0 radical (unpaired) electrons. The molecule has 3 N–H and O–H groups in total. The summed E-state index contributed by atoms with van der Waals surface area (Å²) in [5, 5.41) is 30.4. The largest absolute Gasteiger partial charge is 0.507 e. The highest BCUT2D eigenvalue weighted by molar-refractivity contribution is 7.21. The number of phenolic OH excluding ortho intramolecular Hbond substituents is 1. The summed E-state index contributed by atoms with van der Waals surface area (Å²) in [5.74, 6) is 0.593. The second kappa shape index (κ2) is 9.38. The van der Waals surface area contributed by atoms with Crippen molar-refractivity contribution in [3.05, 3.63) is 57.4 Å². The fourth-order valence-electron chi connectivity index (χ4n) is 3.95. The van der Waals surface area contributed by atoms with E-state index in [1.54, 1.807) is 13.0 Å². The van der Waals surface area contributed by atoms with Crippen LogP contribution in [0.15, 0.2) is 39.5 Å². The van der Waals surface area contributed by atoms with Crippen molar-refractivity contribution < 1.29 is 19.7 Å². The molecule has 0 bridgehead atoms. The molecule has 2 aromatic carbocycles. The third kappa shape index (κ3) is 4.02. The molecule has 2 heterocycles. The van der Waals surface area contributed by atoms with Crippen molar-refractivity contribution in [1.29, 1.82) is 0 Å². The zero-order chi connectivity index (χ0) is 22.8. The molecule has 0 spiro atoms. The number of aliphatic hydroxyl groups excluding tert-OH is 2. The van der Waals surface area contributed by atoms with Crippen molar-refractivity contribution in [1.82, 2.24) is 9.88 Å². The molecule has 0 atom stereocenters. The van der Waals surface area contributed by atoms with Gasteiger partial charge in [0, 0.05) is 37.2 Å². The lowest BCUT2D eigenvalue weighted by Crippen LogP contribution is -2.29. The number of rotatable bonds is 8. The van der Waals surface area contributed by atoms with Crippen LogP contribution < -0.4 is 5.43 Å². The van der Waals surface area contributed by atoms with Crippen molar-refractivity contribution in [2.24, 2.45) is 0 Å². The monoisotopic (exact) mass is 454 g/mol. The van der Waals surface area contributed by atoms with Crippen LogP contribution >= 0.6 is 11.3 Å². The van der Waals surface area contributed by atoms with E-state index in [4.69, 9.17) is 4.42 Å². The van der Waals surface area contributed by atoms with Crippen molar-refractivity contribution >= 4 is 32.5 Å². The number of thiazole rings is 1. The molecule has 7 nitrogen and oxygen atoms in total. The number of aryl methyl sites for hydroxylation is 2. The third-order valence-electron chi connectivity index (χ3n) is 5.59. The van der Waals surface area contributed by atoms with Gasteiger partial charge in [-0.05, 0) is 25.1 Å². The summed E-state index contributed by atoms with van der Waals surface area (Å²) < 4.78 is 7.15. The molecule has 4 rings (SSSR count). The lowest BCUT2D eigenvalue weighted by molar-refractivity contribution is 0.155. The van der Waals surface area contributed by atoms with Gasteiger partial charge < -0.3 is 19.7 Å². The lowest BCUT2D eigenvalue weighted by Gasteiger charge is -2.21. The van der Waals surface area contributed by atoms with Gasteiger partial charge in [-0.2, -0.15) is 0 Å². The Labute approximate surface area is 189 Å². The molecule has 2 aromatic heterocycles. The smallest absolute Gasteiger partial charge is 0.203 e. The zero-order valence-electron chi connectivity index (χ0n) is 18.1. The van der Waals surface area contributed by atoms with Crippen molar-refractivity contribution in [2.75, 3.05) is 26.3 Å². The number of benzene rings is 2. The molecular weight excluding hydrogens is 428 g/mol. The number of phenols is 1. The summed E-state index contributed by atoms with van der Waals surface area (Å²) in [5.41, 5.74) is 2.52. The topological polar surface area (TPSA) is 107 Å². The van der Waals surface area contributed by atoms with Crippen LogP contribution in [0.4, 0.5) is 0 Å². The normalized spacial score (nSPS) is 11.8. The maximum atomic E-state index is 13.7. The number of para-hydroxylation sites is 1. The summed E-state index contributed by atoms with van der Waals surface area (Å²) in [7, 11) is 0. The van der Waals surface area contributed by atoms with Crippen molar-refractivity contribution in [3.8, 4) is 16.3 Å². The van der Waals surface area contributed by atoms with Crippen LogP contribution in [0.25, 0.3) is 31.8 Å². The van der Waals surface area contributed by atoms with Gasteiger partial charge in [-0.3, -0.25) is 9.69 Å². The molecule has 0 aliphatic heterocycles. The minimum Gasteiger partial charge on any atom is -0.507 e. The Hall–Kier alpha value is -2.78. The number of aromatic nitrogens is 1. The summed E-state index contributed by atoms with van der Waals surface area (Å²) >= 11 is 1.45. The Bertz CT molecular complexity index is 1290. The first kappa shape index (κ1) is 22.4. The molecule has 168 valence electrons. The number of hydrogen-bond donors (Lipinski definition) is 3. The average Bonchev–Trinajstić information content (AvgIpc) is 3.21. The second-order valence-corrected chi connectivity index (χ2v) is 8.71. The molecule has 0 saturated heterocycles. The van der Waals surface area contributed by atoms with E-state index in [0.717, 1.165) is 10.2 Å². The average molecular weight is 455 g/mol. The Morgan fingerprint density at radius 3 is 2.53 bits per heavy atom. The van der Waals surface area contributed by atoms with E-state index in [1.807, 2.05) is 36.1 Å². The molecule has 0 unspecified atom stereocenters. The van der Waals surface area contributed by atoms with Crippen molar-refractivity contribution in [3.63, 3.8) is 0 Å². The van der Waals surface area contributed by atoms with Gasteiger partial charge in [0.05, 0.1) is 34.4 Å².